The molecule has 0 fully saturated rings. The minimum Gasteiger partial charge on any atom is -0.354 e. The number of nitrogens with one attached hydrogen (secondary N) is 1. The van der Waals surface area contributed by atoms with Gasteiger partial charge in [0.15, 0.2) is 0 Å². The number of hydrogen-bond donors (Lipinski definition) is 1. The second-order valence-electron chi connectivity index (χ2n) is 14.7. The molecule has 3 atom stereocenters. The monoisotopic (exact) mass is 679 g/mol. The Morgan fingerprint density at radius 1 is 0.547 bits per heavy atom. The van der Waals surface area contributed by atoms with E-state index < -0.39 is 0 Å². The molecule has 7 aromatic carbocycles. The Morgan fingerprint density at radius 3 is 1.96 bits per heavy atom. The smallest absolute Gasteiger partial charge is 0.0607 e. The van der Waals surface area contributed by atoms with Crippen molar-refractivity contribution in [2.45, 2.75) is 24.3 Å². The van der Waals surface area contributed by atoms with Crippen LogP contribution in [0.5, 0.6) is 0 Å². The van der Waals surface area contributed by atoms with Gasteiger partial charge >= 0.3 is 0 Å². The maximum atomic E-state index is 3.77. The highest BCUT2D eigenvalue weighted by Crippen LogP contribution is 2.61. The summed E-state index contributed by atoms with van der Waals surface area (Å²) < 4.78 is 2.49. The van der Waals surface area contributed by atoms with Crippen LogP contribution >= 0.6 is 0 Å². The summed E-state index contributed by atoms with van der Waals surface area (Å²) >= 11 is 0. The molecule has 0 spiro atoms. The number of anilines is 2. The van der Waals surface area contributed by atoms with Crippen molar-refractivity contribution in [3.05, 3.63) is 204 Å². The summed E-state index contributed by atoms with van der Waals surface area (Å²) in [4.78, 5) is 6.41. The van der Waals surface area contributed by atoms with E-state index in [9.17, 15) is 0 Å². The van der Waals surface area contributed by atoms with Crippen LogP contribution in [0.4, 0.5) is 11.4 Å². The second kappa shape index (κ2) is 11.5. The van der Waals surface area contributed by atoms with Gasteiger partial charge in [-0.25, -0.2) is 0 Å². The zero-order chi connectivity index (χ0) is 35.1. The third-order valence-corrected chi connectivity index (χ3v) is 12.1. The maximum absolute atomic E-state index is 3.77. The molecule has 0 saturated carbocycles. The van der Waals surface area contributed by atoms with Crippen molar-refractivity contribution in [2.24, 2.45) is 0 Å². The summed E-state index contributed by atoms with van der Waals surface area (Å²) in [5, 5.41) is 3.84. The van der Waals surface area contributed by atoms with E-state index >= 15 is 0 Å². The fourth-order valence-corrected chi connectivity index (χ4v) is 9.74. The standard InChI is InChI=1S/C50H37N3/c1-50(35-17-7-3-8-18-35)40-29-30-42-46(38-21-11-13-23-41(38)51-42)49(40)53(36-19-9-4-10-20-36)45-32-31-44-47(48(45)50)39-22-12-14-24-43(39)52(44)37-27-25-34(26-28-37)33-15-5-2-6-16-33/h2-32,45,48,51H,1H3. The third-order valence-electron chi connectivity index (χ3n) is 12.1. The van der Waals surface area contributed by atoms with Gasteiger partial charge in [-0.15, -0.1) is 0 Å². The van der Waals surface area contributed by atoms with E-state index in [0.717, 1.165) is 11.0 Å². The summed E-state index contributed by atoms with van der Waals surface area (Å²) in [6.07, 6.45) is 4.90. The zero-order valence-electron chi connectivity index (χ0n) is 29.4. The molecule has 0 amide bonds. The van der Waals surface area contributed by atoms with Crippen molar-refractivity contribution in [3.63, 3.8) is 0 Å². The fourth-order valence-electron chi connectivity index (χ4n) is 9.74. The van der Waals surface area contributed by atoms with Crippen LogP contribution in [0.25, 0.3) is 55.6 Å². The van der Waals surface area contributed by atoms with E-state index in [-0.39, 0.29) is 17.4 Å². The first kappa shape index (κ1) is 30.1. The highest BCUT2D eigenvalue weighted by molar-refractivity contribution is 6.16. The number of hydrogen-bond acceptors (Lipinski definition) is 1. The van der Waals surface area contributed by atoms with Gasteiger partial charge < -0.3 is 14.5 Å². The van der Waals surface area contributed by atoms with Gasteiger partial charge in [-0.05, 0) is 76.4 Å². The number of aromatic amines is 1. The fraction of sp³-hybridized carbons (Fsp3) is 0.0800. The Labute approximate surface area is 309 Å². The normalized spacial score (nSPS) is 19.0. The summed E-state index contributed by atoms with van der Waals surface area (Å²) in [6.45, 7) is 2.51. The Kier molecular flexibility index (Phi) is 6.51. The molecule has 11 rings (SSSR count). The van der Waals surface area contributed by atoms with Gasteiger partial charge in [-0.3, -0.25) is 0 Å². The third kappa shape index (κ3) is 4.28. The highest BCUT2D eigenvalue weighted by Gasteiger charge is 2.53. The molecule has 252 valence electrons. The van der Waals surface area contributed by atoms with Gasteiger partial charge in [-0.2, -0.15) is 0 Å². The molecule has 3 heteroatoms. The zero-order valence-corrected chi connectivity index (χ0v) is 29.4. The van der Waals surface area contributed by atoms with E-state index in [1.807, 2.05) is 0 Å². The molecule has 53 heavy (non-hydrogen) atoms. The van der Waals surface area contributed by atoms with Crippen LogP contribution in [0, 0.1) is 0 Å². The molecule has 3 nitrogen and oxygen atoms in total. The van der Waals surface area contributed by atoms with E-state index in [4.69, 9.17) is 0 Å². The molecule has 1 aliphatic carbocycles. The lowest BCUT2D eigenvalue weighted by molar-refractivity contribution is 0.390. The van der Waals surface area contributed by atoms with E-state index in [1.165, 1.54) is 72.2 Å². The SMILES string of the molecule is CC1(c2ccccc2)c2ccc3[nH]c4ccccc4c3c2N(c2ccccc2)C2C=Cc3c(c4ccccc4n3-c3ccc(-c4ccccc4)cc3)C21. The van der Waals surface area contributed by atoms with Crippen LogP contribution in [-0.2, 0) is 5.41 Å². The largest absolute Gasteiger partial charge is 0.354 e. The van der Waals surface area contributed by atoms with Crippen LogP contribution in [0.2, 0.25) is 0 Å². The number of fused-ring (bicyclic) bond motifs is 10. The van der Waals surface area contributed by atoms with Crippen LogP contribution in [-0.4, -0.2) is 15.6 Å². The van der Waals surface area contributed by atoms with E-state index in [2.05, 4.69) is 209 Å². The molecule has 0 bridgehead atoms. The first-order valence-electron chi connectivity index (χ1n) is 18.6. The first-order valence-corrected chi connectivity index (χ1v) is 18.6. The van der Waals surface area contributed by atoms with Crippen LogP contribution in [0.15, 0.2) is 182 Å². The Bertz CT molecular complexity index is 2850. The highest BCUT2D eigenvalue weighted by atomic mass is 15.2. The first-order chi connectivity index (χ1) is 26.2. The topological polar surface area (TPSA) is 24.0 Å². The number of para-hydroxylation sites is 3. The van der Waals surface area contributed by atoms with Gasteiger partial charge in [0.1, 0.15) is 0 Å². The van der Waals surface area contributed by atoms with Crippen molar-refractivity contribution in [1.29, 1.82) is 0 Å². The van der Waals surface area contributed by atoms with Crippen molar-refractivity contribution < 1.29 is 0 Å². The lowest BCUT2D eigenvalue weighted by Gasteiger charge is -2.54. The molecular weight excluding hydrogens is 643 g/mol. The van der Waals surface area contributed by atoms with Crippen molar-refractivity contribution in [3.8, 4) is 16.8 Å². The predicted octanol–water partition coefficient (Wildman–Crippen LogP) is 12.6. The molecule has 1 N–H and O–H groups in total. The van der Waals surface area contributed by atoms with Gasteiger partial charge in [0.05, 0.1) is 22.9 Å². The number of benzene rings is 7. The number of nitrogens with zero attached hydrogens (tertiary/aromatic N) is 2. The molecular formula is C50H37N3. The Hall–Kier alpha value is -6.58. The molecule has 0 radical (unpaired) electrons. The second-order valence-corrected chi connectivity index (χ2v) is 14.7. The Balaban J connectivity index is 1.23. The lowest BCUT2D eigenvalue weighted by atomic mass is 9.58. The molecule has 1 aliphatic heterocycles. The van der Waals surface area contributed by atoms with Crippen LogP contribution < -0.4 is 4.90 Å². The number of rotatable bonds is 4. The van der Waals surface area contributed by atoms with Crippen LogP contribution in [0.1, 0.15) is 35.2 Å². The number of H-pyrrole nitrogens is 1. The van der Waals surface area contributed by atoms with Crippen LogP contribution in [0.3, 0.4) is 0 Å². The molecule has 3 heterocycles. The molecule has 0 saturated heterocycles. The van der Waals surface area contributed by atoms with Crippen molar-refractivity contribution in [1.82, 2.24) is 9.55 Å². The molecule has 2 aromatic heterocycles. The van der Waals surface area contributed by atoms with Gasteiger partial charge in [-0.1, -0.05) is 146 Å². The van der Waals surface area contributed by atoms with Gasteiger partial charge in [0.25, 0.3) is 0 Å². The van der Waals surface area contributed by atoms with Gasteiger partial charge in [0.2, 0.25) is 0 Å². The van der Waals surface area contributed by atoms with Gasteiger partial charge in [0, 0.05) is 49.9 Å². The quantitative estimate of drug-likeness (QED) is 0.197. The average molecular weight is 680 g/mol. The Morgan fingerprint density at radius 2 is 1.19 bits per heavy atom. The molecule has 3 unspecified atom stereocenters. The summed E-state index contributed by atoms with van der Waals surface area (Å²) in [5.74, 6) is 0.0926. The molecule has 9 aromatic rings. The lowest BCUT2D eigenvalue weighted by Crippen LogP contribution is -2.51. The minimum absolute atomic E-state index is 0.0431. The minimum atomic E-state index is -0.370. The summed E-state index contributed by atoms with van der Waals surface area (Å²) in [6, 6.07) is 64.6. The number of aromatic nitrogens is 2. The summed E-state index contributed by atoms with van der Waals surface area (Å²) in [7, 11) is 0. The predicted molar refractivity (Wildman–Crippen MR) is 222 cm³/mol. The average Bonchev–Trinajstić information content (AvgIpc) is 3.78. The molecule has 2 aliphatic rings. The van der Waals surface area contributed by atoms with Crippen molar-refractivity contribution in [2.75, 3.05) is 4.90 Å². The van der Waals surface area contributed by atoms with E-state index in [0.29, 0.717) is 0 Å². The van der Waals surface area contributed by atoms with Crippen molar-refractivity contribution >= 4 is 50.2 Å². The maximum Gasteiger partial charge on any atom is 0.0607 e. The summed E-state index contributed by atoms with van der Waals surface area (Å²) in [5.41, 5.74) is 14.6. The van der Waals surface area contributed by atoms with E-state index in [1.54, 1.807) is 0 Å².